The van der Waals surface area contributed by atoms with Crippen LogP contribution in [0.2, 0.25) is 0 Å². The maximum Gasteiger partial charge on any atom is 0.124 e. The van der Waals surface area contributed by atoms with Gasteiger partial charge in [0.05, 0.1) is 31.1 Å². The van der Waals surface area contributed by atoms with Gasteiger partial charge >= 0.3 is 0 Å². The lowest BCUT2D eigenvalue weighted by Crippen LogP contribution is -2.50. The Morgan fingerprint density at radius 2 is 0.949 bits per heavy atom. The summed E-state index contributed by atoms with van der Waals surface area (Å²) in [5, 5.41) is 0. The van der Waals surface area contributed by atoms with Crippen molar-refractivity contribution >= 4 is 10.1 Å². The van der Waals surface area contributed by atoms with Gasteiger partial charge in [-0.05, 0) is 76.5 Å². The number of aryl methyl sites for hydroxylation is 1. The van der Waals surface area contributed by atoms with E-state index in [0.717, 1.165) is 5.56 Å². The molecule has 0 spiro atoms. The molecule has 0 aromatic heterocycles. The lowest BCUT2D eigenvalue weighted by atomic mass is 10.1. The van der Waals surface area contributed by atoms with E-state index < -0.39 is 10.1 Å². The van der Waals surface area contributed by atoms with E-state index in [-0.39, 0.29) is 4.90 Å². The van der Waals surface area contributed by atoms with Crippen LogP contribution in [0, 0.1) is 13.8 Å². The van der Waals surface area contributed by atoms with Crippen molar-refractivity contribution < 1.29 is 17.5 Å². The molecule has 4 nitrogen and oxygen atoms in total. The number of benzene rings is 1. The summed E-state index contributed by atoms with van der Waals surface area (Å²) in [5.41, 5.74) is 1.35. The third kappa shape index (κ3) is 19.0. The van der Waals surface area contributed by atoms with Crippen LogP contribution in [0.4, 0.5) is 0 Å². The molecule has 0 radical (unpaired) electrons. The fraction of sp³-hybridized carbons (Fsp3) is 0.824. The molecule has 0 unspecified atom stereocenters. The summed E-state index contributed by atoms with van der Waals surface area (Å²) in [6, 6.07) is 4.65. The highest BCUT2D eigenvalue weighted by Gasteiger charge is 2.23. The minimum absolute atomic E-state index is 0.123. The van der Waals surface area contributed by atoms with Crippen LogP contribution in [0.25, 0.3) is 0 Å². The van der Waals surface area contributed by atoms with E-state index in [1.807, 2.05) is 0 Å². The molecule has 0 aliphatic heterocycles. The molecule has 0 N–H and O–H groups in total. The van der Waals surface area contributed by atoms with Gasteiger partial charge in [0.1, 0.15) is 10.1 Å². The van der Waals surface area contributed by atoms with E-state index in [2.05, 4.69) is 27.7 Å². The Morgan fingerprint density at radius 3 is 1.26 bits per heavy atom. The lowest BCUT2D eigenvalue weighted by Gasteiger charge is -2.38. The Kier molecular flexibility index (Phi) is 23.2. The number of hydrogen-bond acceptors (Lipinski definition) is 3. The molecule has 0 atom stereocenters. The van der Waals surface area contributed by atoms with Gasteiger partial charge in [-0.2, -0.15) is 0 Å². The van der Waals surface area contributed by atoms with Gasteiger partial charge in [0.15, 0.2) is 0 Å². The molecule has 0 aliphatic rings. The minimum Gasteiger partial charge on any atom is -0.744 e. The van der Waals surface area contributed by atoms with Gasteiger partial charge in [-0.15, -0.1) is 0 Å². The highest BCUT2D eigenvalue weighted by Crippen LogP contribution is 2.19. The first-order chi connectivity index (χ1) is 18.7. The van der Waals surface area contributed by atoms with Crippen molar-refractivity contribution in [1.29, 1.82) is 0 Å². The highest BCUT2D eigenvalue weighted by atomic mass is 32.2. The molecule has 0 saturated carbocycles. The second kappa shape index (κ2) is 23.8. The van der Waals surface area contributed by atoms with Gasteiger partial charge in [0.25, 0.3) is 0 Å². The minimum atomic E-state index is -4.31. The number of quaternary nitrogens is 1. The van der Waals surface area contributed by atoms with E-state index >= 15 is 0 Å². The molecular weight excluding hydrogens is 502 g/mol. The first kappa shape index (κ1) is 38.1. The van der Waals surface area contributed by atoms with Crippen LogP contribution in [-0.4, -0.2) is 43.6 Å². The zero-order valence-corrected chi connectivity index (χ0v) is 27.7. The highest BCUT2D eigenvalue weighted by molar-refractivity contribution is 7.85. The molecule has 5 heteroatoms. The molecule has 0 saturated heterocycles. The van der Waals surface area contributed by atoms with E-state index in [9.17, 15) is 13.0 Å². The van der Waals surface area contributed by atoms with Gasteiger partial charge in [0.2, 0.25) is 0 Å². The van der Waals surface area contributed by atoms with Crippen LogP contribution in [-0.2, 0) is 10.1 Å². The van der Waals surface area contributed by atoms with Crippen molar-refractivity contribution in [1.82, 2.24) is 0 Å². The van der Waals surface area contributed by atoms with Gasteiger partial charge in [0, 0.05) is 0 Å². The summed E-state index contributed by atoms with van der Waals surface area (Å²) in [7, 11) is -4.31. The molecule has 0 bridgehead atoms. The van der Waals surface area contributed by atoms with Gasteiger partial charge in [-0.3, -0.25) is 0 Å². The molecule has 0 amide bonds. The molecule has 1 rings (SSSR count). The molecule has 0 fully saturated rings. The van der Waals surface area contributed by atoms with E-state index in [0.29, 0.717) is 5.56 Å². The van der Waals surface area contributed by atoms with Gasteiger partial charge in [-0.25, -0.2) is 8.42 Å². The third-order valence-corrected chi connectivity index (χ3v) is 9.43. The number of unbranched alkanes of at least 4 members (excludes halogenated alkanes) is 15. The van der Waals surface area contributed by atoms with E-state index in [1.165, 1.54) is 152 Å². The second-order valence-corrected chi connectivity index (χ2v) is 13.1. The molecule has 0 aliphatic carbocycles. The Balaban J connectivity index is 0.000000992. The van der Waals surface area contributed by atoms with Crippen LogP contribution in [0.5, 0.6) is 0 Å². The average molecular weight is 568 g/mol. The Bertz CT molecular complexity index is 766. The lowest BCUT2D eigenvalue weighted by molar-refractivity contribution is -0.927. The Morgan fingerprint density at radius 1 is 0.590 bits per heavy atom. The second-order valence-electron chi connectivity index (χ2n) is 11.8. The van der Waals surface area contributed by atoms with Gasteiger partial charge in [-0.1, -0.05) is 110 Å². The largest absolute Gasteiger partial charge is 0.744 e. The van der Waals surface area contributed by atoms with Crippen LogP contribution >= 0.6 is 0 Å². The number of hydrogen-bond donors (Lipinski definition) is 0. The van der Waals surface area contributed by atoms with Crippen molar-refractivity contribution in [3.63, 3.8) is 0 Å². The normalized spacial score (nSPS) is 11.9. The zero-order valence-electron chi connectivity index (χ0n) is 26.9. The number of nitrogens with zero attached hydrogens (tertiary/aromatic N) is 1. The molecule has 1 aromatic rings. The standard InChI is InChI=1S/C26H56N.C8H10O3S/c1-5-9-12-15-18-21-24-27(8-4,25-22-19-16-13-10-6-2)26-23-20-17-14-11-7-3;1-6-4-3-5-8(7(6)2)12(9,10)11/h5-26H2,1-4H3;3-5H,1-2H3,(H,9,10,11)/q+1;/p-1. The quantitative estimate of drug-likeness (QED) is 0.0751. The monoisotopic (exact) mass is 567 g/mol. The summed E-state index contributed by atoms with van der Waals surface area (Å²) in [5.74, 6) is 0. The topological polar surface area (TPSA) is 57.2 Å². The summed E-state index contributed by atoms with van der Waals surface area (Å²) in [6.45, 7) is 18.5. The van der Waals surface area contributed by atoms with Crippen LogP contribution < -0.4 is 0 Å². The predicted octanol–water partition coefficient (Wildman–Crippen LogP) is 10.1. The maximum absolute atomic E-state index is 10.7. The number of rotatable bonds is 23. The summed E-state index contributed by atoms with van der Waals surface area (Å²) in [4.78, 5) is -0.123. The van der Waals surface area contributed by atoms with Crippen molar-refractivity contribution in [2.24, 2.45) is 0 Å². The maximum atomic E-state index is 10.7. The Hall–Kier alpha value is -0.910. The van der Waals surface area contributed by atoms with Crippen molar-refractivity contribution in [3.05, 3.63) is 29.3 Å². The molecule has 1 aromatic carbocycles. The smallest absolute Gasteiger partial charge is 0.124 e. The Labute approximate surface area is 244 Å². The first-order valence-electron chi connectivity index (χ1n) is 16.5. The third-order valence-electron chi connectivity index (χ3n) is 8.45. The molecular formula is C34H65NO3S. The summed E-state index contributed by atoms with van der Waals surface area (Å²) in [6.07, 6.45) is 25.9. The average Bonchev–Trinajstić information content (AvgIpc) is 2.91. The van der Waals surface area contributed by atoms with Crippen LogP contribution in [0.1, 0.15) is 154 Å². The van der Waals surface area contributed by atoms with Crippen LogP contribution in [0.15, 0.2) is 23.1 Å². The fourth-order valence-electron chi connectivity index (χ4n) is 5.49. The van der Waals surface area contributed by atoms with Crippen molar-refractivity contribution in [2.75, 3.05) is 26.2 Å². The summed E-state index contributed by atoms with van der Waals surface area (Å²) < 4.78 is 33.4. The van der Waals surface area contributed by atoms with Crippen LogP contribution in [0.3, 0.4) is 0 Å². The van der Waals surface area contributed by atoms with Crippen molar-refractivity contribution in [2.45, 2.75) is 162 Å². The van der Waals surface area contributed by atoms with Crippen molar-refractivity contribution in [3.8, 4) is 0 Å². The fourth-order valence-corrected chi connectivity index (χ4v) is 6.27. The van der Waals surface area contributed by atoms with E-state index in [4.69, 9.17) is 0 Å². The SMILES string of the molecule is CCCCCCCC[N+](CC)(CCCCCCCC)CCCCCCCC.Cc1cccc(S(=O)(=O)[O-])c1C. The summed E-state index contributed by atoms with van der Waals surface area (Å²) >= 11 is 0. The molecule has 39 heavy (non-hydrogen) atoms. The first-order valence-corrected chi connectivity index (χ1v) is 17.9. The van der Waals surface area contributed by atoms with E-state index in [1.54, 1.807) is 26.0 Å². The van der Waals surface area contributed by atoms with Gasteiger partial charge < -0.3 is 9.04 Å². The molecule has 0 heterocycles. The predicted molar refractivity (Wildman–Crippen MR) is 169 cm³/mol. The molecule has 230 valence electrons. The zero-order chi connectivity index (χ0) is 29.4.